The fourth-order valence-electron chi connectivity index (χ4n) is 2.93. The lowest BCUT2D eigenvalue weighted by molar-refractivity contribution is 0.181. The molecule has 1 aromatic rings. The predicted octanol–water partition coefficient (Wildman–Crippen LogP) is 2.05. The molecule has 1 aliphatic carbocycles. The molecule has 21 heavy (non-hydrogen) atoms. The summed E-state index contributed by atoms with van der Waals surface area (Å²) in [6.07, 6.45) is 3.06. The van der Waals surface area contributed by atoms with Crippen LogP contribution in [0.25, 0.3) is 0 Å². The van der Waals surface area contributed by atoms with Crippen molar-refractivity contribution in [1.82, 2.24) is 5.32 Å². The first-order valence-electron chi connectivity index (χ1n) is 7.63. The van der Waals surface area contributed by atoms with Gasteiger partial charge in [0.05, 0.1) is 16.2 Å². The van der Waals surface area contributed by atoms with E-state index in [-0.39, 0.29) is 6.04 Å². The van der Waals surface area contributed by atoms with Crippen LogP contribution in [0, 0.1) is 6.92 Å². The summed E-state index contributed by atoms with van der Waals surface area (Å²) >= 11 is 0. The second kappa shape index (κ2) is 6.90. The largest absolute Gasteiger partial charge is 0.392 e. The highest BCUT2D eigenvalue weighted by Gasteiger charge is 2.36. The van der Waals surface area contributed by atoms with Crippen molar-refractivity contribution in [2.45, 2.75) is 61.8 Å². The molecule has 1 fully saturated rings. The van der Waals surface area contributed by atoms with Gasteiger partial charge in [0.1, 0.15) is 0 Å². The van der Waals surface area contributed by atoms with Crippen LogP contribution in [0.5, 0.6) is 0 Å². The van der Waals surface area contributed by atoms with Gasteiger partial charge in [-0.25, -0.2) is 8.42 Å². The van der Waals surface area contributed by atoms with E-state index in [1.165, 1.54) is 0 Å². The lowest BCUT2D eigenvalue weighted by Crippen LogP contribution is -2.48. The average Bonchev–Trinajstić information content (AvgIpc) is 2.46. The van der Waals surface area contributed by atoms with Crippen LogP contribution in [0.1, 0.15) is 38.2 Å². The van der Waals surface area contributed by atoms with E-state index >= 15 is 0 Å². The molecule has 0 heterocycles. The standard InChI is InChI=1S/C16H25NO3S/c1-12-7-9-14(10-8-12)21(19,20)16-6-4-3-5-15(16)17-11-13(2)18/h7-10,13,15-18H,3-6,11H2,1-2H3/t13-,15+,16-/m1/s1. The predicted molar refractivity (Wildman–Crippen MR) is 84.1 cm³/mol. The summed E-state index contributed by atoms with van der Waals surface area (Å²) in [7, 11) is -3.32. The number of hydrogen-bond donors (Lipinski definition) is 2. The van der Waals surface area contributed by atoms with Gasteiger partial charge in [0.25, 0.3) is 0 Å². The van der Waals surface area contributed by atoms with E-state index in [9.17, 15) is 13.5 Å². The molecular weight excluding hydrogens is 286 g/mol. The molecular formula is C16H25NO3S. The molecule has 118 valence electrons. The maximum atomic E-state index is 12.9. The van der Waals surface area contributed by atoms with Crippen molar-refractivity contribution in [2.75, 3.05) is 6.54 Å². The Labute approximate surface area is 127 Å². The van der Waals surface area contributed by atoms with Gasteiger partial charge >= 0.3 is 0 Å². The van der Waals surface area contributed by atoms with Gasteiger partial charge in [0.2, 0.25) is 0 Å². The molecule has 1 saturated carbocycles. The van der Waals surface area contributed by atoms with E-state index < -0.39 is 21.2 Å². The van der Waals surface area contributed by atoms with E-state index in [4.69, 9.17) is 0 Å². The smallest absolute Gasteiger partial charge is 0.182 e. The highest BCUT2D eigenvalue weighted by Crippen LogP contribution is 2.29. The zero-order valence-corrected chi connectivity index (χ0v) is 13.6. The van der Waals surface area contributed by atoms with E-state index in [1.807, 2.05) is 19.1 Å². The van der Waals surface area contributed by atoms with E-state index in [0.29, 0.717) is 17.9 Å². The summed E-state index contributed by atoms with van der Waals surface area (Å²) < 4.78 is 25.7. The van der Waals surface area contributed by atoms with Crippen molar-refractivity contribution >= 4 is 9.84 Å². The summed E-state index contributed by atoms with van der Waals surface area (Å²) in [5.41, 5.74) is 1.06. The zero-order chi connectivity index (χ0) is 15.5. The molecule has 0 bridgehead atoms. The second-order valence-corrected chi connectivity index (χ2v) is 8.21. The summed E-state index contributed by atoms with van der Waals surface area (Å²) in [5.74, 6) is 0. The summed E-state index contributed by atoms with van der Waals surface area (Å²) in [6.45, 7) is 4.09. The summed E-state index contributed by atoms with van der Waals surface area (Å²) in [6, 6.07) is 7.01. The number of aliphatic hydroxyl groups is 1. The number of hydrogen-bond acceptors (Lipinski definition) is 4. The molecule has 1 aromatic carbocycles. The van der Waals surface area contributed by atoms with Crippen LogP contribution >= 0.6 is 0 Å². The Hall–Kier alpha value is -0.910. The number of aryl methyl sites for hydroxylation is 1. The van der Waals surface area contributed by atoms with Crippen molar-refractivity contribution in [3.05, 3.63) is 29.8 Å². The molecule has 3 atom stereocenters. The van der Waals surface area contributed by atoms with Gasteiger partial charge in [-0.2, -0.15) is 0 Å². The Morgan fingerprint density at radius 3 is 2.48 bits per heavy atom. The van der Waals surface area contributed by atoms with Crippen LogP contribution in [-0.2, 0) is 9.84 Å². The summed E-state index contributed by atoms with van der Waals surface area (Å²) in [5, 5.41) is 12.2. The third-order valence-corrected chi connectivity index (χ3v) is 6.42. The van der Waals surface area contributed by atoms with Gasteiger partial charge in [-0.05, 0) is 38.8 Å². The molecule has 0 aliphatic heterocycles. The highest BCUT2D eigenvalue weighted by molar-refractivity contribution is 7.92. The fraction of sp³-hybridized carbons (Fsp3) is 0.625. The quantitative estimate of drug-likeness (QED) is 0.873. The van der Waals surface area contributed by atoms with Crippen LogP contribution in [0.3, 0.4) is 0 Å². The Bertz CT molecular complexity index is 551. The van der Waals surface area contributed by atoms with Gasteiger partial charge in [0, 0.05) is 12.6 Å². The van der Waals surface area contributed by atoms with Gasteiger partial charge in [-0.1, -0.05) is 30.5 Å². The van der Waals surface area contributed by atoms with Gasteiger partial charge < -0.3 is 10.4 Å². The first-order valence-corrected chi connectivity index (χ1v) is 9.18. The van der Waals surface area contributed by atoms with Crippen LogP contribution < -0.4 is 5.32 Å². The topological polar surface area (TPSA) is 66.4 Å². The Morgan fingerprint density at radius 1 is 1.24 bits per heavy atom. The molecule has 2 rings (SSSR count). The number of rotatable bonds is 5. The monoisotopic (exact) mass is 311 g/mol. The van der Waals surface area contributed by atoms with Crippen LogP contribution in [0.2, 0.25) is 0 Å². The molecule has 0 amide bonds. The molecule has 4 nitrogen and oxygen atoms in total. The van der Waals surface area contributed by atoms with Crippen molar-refractivity contribution in [3.63, 3.8) is 0 Å². The van der Waals surface area contributed by atoms with Gasteiger partial charge in [-0.3, -0.25) is 0 Å². The minimum absolute atomic E-state index is 0.0698. The lowest BCUT2D eigenvalue weighted by atomic mass is 9.95. The number of nitrogens with one attached hydrogen (secondary N) is 1. The maximum Gasteiger partial charge on any atom is 0.182 e. The molecule has 0 unspecified atom stereocenters. The van der Waals surface area contributed by atoms with Crippen molar-refractivity contribution in [1.29, 1.82) is 0 Å². The summed E-state index contributed by atoms with van der Waals surface area (Å²) in [4.78, 5) is 0.406. The van der Waals surface area contributed by atoms with Crippen LogP contribution in [0.15, 0.2) is 29.2 Å². The number of sulfone groups is 1. The van der Waals surface area contributed by atoms with E-state index in [0.717, 1.165) is 24.8 Å². The SMILES string of the molecule is Cc1ccc(S(=O)(=O)[C@@H]2CCCC[C@@H]2NC[C@@H](C)O)cc1. The van der Waals surface area contributed by atoms with Crippen molar-refractivity contribution < 1.29 is 13.5 Å². The van der Waals surface area contributed by atoms with Gasteiger partial charge in [-0.15, -0.1) is 0 Å². The van der Waals surface area contributed by atoms with Crippen LogP contribution in [-0.4, -0.2) is 37.5 Å². The van der Waals surface area contributed by atoms with E-state index in [1.54, 1.807) is 19.1 Å². The molecule has 0 spiro atoms. The lowest BCUT2D eigenvalue weighted by Gasteiger charge is -2.32. The fourth-order valence-corrected chi connectivity index (χ4v) is 4.93. The zero-order valence-electron chi connectivity index (χ0n) is 12.7. The van der Waals surface area contributed by atoms with Gasteiger partial charge in [0.15, 0.2) is 9.84 Å². The minimum atomic E-state index is -3.32. The maximum absolute atomic E-state index is 12.9. The van der Waals surface area contributed by atoms with E-state index in [2.05, 4.69) is 5.32 Å². The van der Waals surface area contributed by atoms with Crippen LogP contribution in [0.4, 0.5) is 0 Å². The molecule has 5 heteroatoms. The van der Waals surface area contributed by atoms with Crippen molar-refractivity contribution in [3.8, 4) is 0 Å². The first-order chi connectivity index (χ1) is 9.91. The molecule has 2 N–H and O–H groups in total. The second-order valence-electron chi connectivity index (χ2n) is 6.04. The third kappa shape index (κ3) is 4.05. The number of benzene rings is 1. The normalized spacial score (nSPS) is 24.7. The molecule has 0 aromatic heterocycles. The highest BCUT2D eigenvalue weighted by atomic mass is 32.2. The molecule has 0 radical (unpaired) electrons. The Kier molecular flexibility index (Phi) is 5.41. The minimum Gasteiger partial charge on any atom is -0.392 e. The Balaban J connectivity index is 2.20. The first kappa shape index (κ1) is 16.5. The number of aliphatic hydroxyl groups excluding tert-OH is 1. The average molecular weight is 311 g/mol. The Morgan fingerprint density at radius 2 is 1.86 bits per heavy atom. The molecule has 1 aliphatic rings. The molecule has 0 saturated heterocycles. The van der Waals surface area contributed by atoms with Crippen molar-refractivity contribution in [2.24, 2.45) is 0 Å². The third-order valence-electron chi connectivity index (χ3n) is 4.13.